The van der Waals surface area contributed by atoms with E-state index in [0.717, 1.165) is 5.56 Å². The first-order valence-electron chi connectivity index (χ1n) is 4.09. The first-order valence-corrected chi connectivity index (χ1v) is 4.09. The Morgan fingerprint density at radius 2 is 2.21 bits per heavy atom. The summed E-state index contributed by atoms with van der Waals surface area (Å²) in [7, 11) is 0. The molecule has 2 N–H and O–H groups in total. The molecule has 0 aliphatic carbocycles. The minimum Gasteiger partial charge on any atom is -0.480 e. The van der Waals surface area contributed by atoms with Crippen LogP contribution < -0.4 is 5.32 Å². The summed E-state index contributed by atoms with van der Waals surface area (Å²) in [5.41, 5.74) is 0.818. The van der Waals surface area contributed by atoms with Crippen molar-refractivity contribution in [3.05, 3.63) is 23.7 Å². The van der Waals surface area contributed by atoms with Crippen molar-refractivity contribution in [3.8, 4) is 0 Å². The lowest BCUT2D eigenvalue weighted by atomic mass is 10.3. The number of amides is 1. The summed E-state index contributed by atoms with van der Waals surface area (Å²) in [6.45, 7) is 3.16. The van der Waals surface area contributed by atoms with E-state index in [9.17, 15) is 9.59 Å². The summed E-state index contributed by atoms with van der Waals surface area (Å²) >= 11 is 0. The van der Waals surface area contributed by atoms with Crippen LogP contribution in [0, 0.1) is 6.92 Å². The quantitative estimate of drug-likeness (QED) is 0.750. The van der Waals surface area contributed by atoms with Crippen molar-refractivity contribution in [1.29, 1.82) is 0 Å². The van der Waals surface area contributed by atoms with Gasteiger partial charge in [-0.25, -0.2) is 0 Å². The lowest BCUT2D eigenvalue weighted by Gasteiger charge is -2.06. The molecular weight excluding hydrogens is 186 g/mol. The molecule has 1 amide bonds. The maximum absolute atomic E-state index is 11.3. The van der Waals surface area contributed by atoms with Crippen LogP contribution >= 0.6 is 0 Å². The first-order chi connectivity index (χ1) is 6.50. The van der Waals surface area contributed by atoms with E-state index in [1.165, 1.54) is 13.2 Å². The zero-order valence-electron chi connectivity index (χ0n) is 7.90. The minimum absolute atomic E-state index is 0.121. The number of carboxylic acid groups (broad SMARTS) is 1. The zero-order chi connectivity index (χ0) is 10.7. The zero-order valence-corrected chi connectivity index (χ0v) is 7.90. The molecule has 1 rings (SSSR count). The van der Waals surface area contributed by atoms with Crippen molar-refractivity contribution < 1.29 is 19.1 Å². The molecule has 0 saturated heterocycles. The van der Waals surface area contributed by atoms with Gasteiger partial charge in [-0.2, -0.15) is 0 Å². The molecule has 0 unspecified atom stereocenters. The van der Waals surface area contributed by atoms with E-state index >= 15 is 0 Å². The van der Waals surface area contributed by atoms with E-state index in [1.54, 1.807) is 13.0 Å². The van der Waals surface area contributed by atoms with Crippen molar-refractivity contribution in [2.75, 3.05) is 0 Å². The monoisotopic (exact) mass is 197 g/mol. The Labute approximate surface area is 80.7 Å². The third-order valence-electron chi connectivity index (χ3n) is 1.67. The second-order valence-corrected chi connectivity index (χ2v) is 3.02. The van der Waals surface area contributed by atoms with Crippen molar-refractivity contribution >= 4 is 11.9 Å². The molecule has 0 fully saturated rings. The van der Waals surface area contributed by atoms with E-state index in [2.05, 4.69) is 5.32 Å². The number of aliphatic carboxylic acids is 1. The van der Waals surface area contributed by atoms with E-state index < -0.39 is 17.9 Å². The number of nitrogens with one attached hydrogen (secondary N) is 1. The van der Waals surface area contributed by atoms with Crippen LogP contribution in [-0.2, 0) is 4.79 Å². The lowest BCUT2D eigenvalue weighted by Crippen LogP contribution is -2.38. The van der Waals surface area contributed by atoms with Crippen molar-refractivity contribution in [2.24, 2.45) is 0 Å². The van der Waals surface area contributed by atoms with Crippen molar-refractivity contribution in [1.82, 2.24) is 5.32 Å². The van der Waals surface area contributed by atoms with Crippen molar-refractivity contribution in [3.63, 3.8) is 0 Å². The number of furan rings is 1. The Morgan fingerprint density at radius 3 is 2.64 bits per heavy atom. The summed E-state index contributed by atoms with van der Waals surface area (Å²) in [4.78, 5) is 21.7. The predicted molar refractivity (Wildman–Crippen MR) is 48.0 cm³/mol. The van der Waals surface area contributed by atoms with E-state index in [-0.39, 0.29) is 5.76 Å². The number of rotatable bonds is 3. The summed E-state index contributed by atoms with van der Waals surface area (Å²) < 4.78 is 4.90. The molecule has 5 heteroatoms. The van der Waals surface area contributed by atoms with Gasteiger partial charge in [0.1, 0.15) is 6.04 Å². The molecular formula is C9H11NO4. The summed E-state index contributed by atoms with van der Waals surface area (Å²) in [6, 6.07) is 0.622. The molecule has 1 atom stereocenters. The Kier molecular flexibility index (Phi) is 2.91. The maximum atomic E-state index is 11.3. The minimum atomic E-state index is -1.08. The third-order valence-corrected chi connectivity index (χ3v) is 1.67. The number of carbonyl (C=O) groups is 2. The van der Waals surface area contributed by atoms with Crippen LogP contribution in [0.5, 0.6) is 0 Å². The number of carboxylic acids is 1. The van der Waals surface area contributed by atoms with Crippen LogP contribution in [0.25, 0.3) is 0 Å². The fraction of sp³-hybridized carbons (Fsp3) is 0.333. The molecule has 0 aromatic carbocycles. The highest BCUT2D eigenvalue weighted by Crippen LogP contribution is 2.05. The van der Waals surface area contributed by atoms with Crippen LogP contribution in [-0.4, -0.2) is 23.0 Å². The lowest BCUT2D eigenvalue weighted by molar-refractivity contribution is -0.138. The molecule has 76 valence electrons. The van der Waals surface area contributed by atoms with Gasteiger partial charge in [-0.05, 0) is 25.5 Å². The number of aryl methyl sites for hydroxylation is 1. The van der Waals surface area contributed by atoms with Gasteiger partial charge in [-0.1, -0.05) is 0 Å². The first kappa shape index (κ1) is 10.3. The number of hydrogen-bond acceptors (Lipinski definition) is 3. The Balaban J connectivity index is 2.63. The number of carbonyl (C=O) groups excluding carboxylic acids is 1. The van der Waals surface area contributed by atoms with Crippen LogP contribution in [0.2, 0.25) is 0 Å². The van der Waals surface area contributed by atoms with Crippen LogP contribution in [0.4, 0.5) is 0 Å². The number of hydrogen-bond donors (Lipinski definition) is 2. The molecule has 0 spiro atoms. The largest absolute Gasteiger partial charge is 0.480 e. The molecule has 0 saturated carbocycles. The molecule has 0 aliphatic heterocycles. The highest BCUT2D eigenvalue weighted by Gasteiger charge is 2.17. The highest BCUT2D eigenvalue weighted by atomic mass is 16.4. The maximum Gasteiger partial charge on any atom is 0.325 e. The molecule has 0 bridgehead atoms. The van der Waals surface area contributed by atoms with Gasteiger partial charge in [0.15, 0.2) is 5.76 Å². The average Bonchev–Trinajstić information content (AvgIpc) is 2.51. The van der Waals surface area contributed by atoms with Gasteiger partial charge in [-0.3, -0.25) is 9.59 Å². The average molecular weight is 197 g/mol. The fourth-order valence-electron chi connectivity index (χ4n) is 0.880. The molecule has 14 heavy (non-hydrogen) atoms. The van der Waals surface area contributed by atoms with Gasteiger partial charge in [0.05, 0.1) is 6.26 Å². The van der Waals surface area contributed by atoms with Gasteiger partial charge in [0.25, 0.3) is 5.91 Å². The smallest absolute Gasteiger partial charge is 0.325 e. The standard InChI is InChI=1S/C9H11NO4/c1-5-3-7(14-4-5)8(11)10-6(2)9(12)13/h3-4,6H,1-2H3,(H,10,11)(H,12,13)/t6-/m0/s1. The molecule has 0 aliphatic rings. The van der Waals surface area contributed by atoms with E-state index in [4.69, 9.17) is 9.52 Å². The van der Waals surface area contributed by atoms with E-state index in [0.29, 0.717) is 0 Å². The van der Waals surface area contributed by atoms with E-state index in [1.807, 2.05) is 0 Å². The Bertz CT molecular complexity index is 355. The predicted octanol–water partition coefficient (Wildman–Crippen LogP) is 0.791. The second kappa shape index (κ2) is 3.95. The summed E-state index contributed by atoms with van der Waals surface area (Å²) in [5, 5.41) is 10.8. The normalized spacial score (nSPS) is 12.1. The Morgan fingerprint density at radius 1 is 1.57 bits per heavy atom. The molecule has 1 aromatic heterocycles. The molecule has 1 aromatic rings. The van der Waals surface area contributed by atoms with Crippen LogP contribution in [0.15, 0.2) is 16.7 Å². The molecule has 5 nitrogen and oxygen atoms in total. The van der Waals surface area contributed by atoms with Crippen LogP contribution in [0.3, 0.4) is 0 Å². The van der Waals surface area contributed by atoms with Gasteiger partial charge in [-0.15, -0.1) is 0 Å². The van der Waals surface area contributed by atoms with Gasteiger partial charge < -0.3 is 14.8 Å². The third kappa shape index (κ3) is 2.35. The summed E-state index contributed by atoms with van der Waals surface area (Å²) in [5.74, 6) is -1.48. The molecule has 1 heterocycles. The van der Waals surface area contributed by atoms with Crippen molar-refractivity contribution in [2.45, 2.75) is 19.9 Å². The SMILES string of the molecule is Cc1coc(C(=O)N[C@@H](C)C(=O)O)c1. The van der Waals surface area contributed by atoms with Gasteiger partial charge in [0.2, 0.25) is 0 Å². The molecule has 0 radical (unpaired) electrons. The topological polar surface area (TPSA) is 79.5 Å². The second-order valence-electron chi connectivity index (χ2n) is 3.02. The fourth-order valence-corrected chi connectivity index (χ4v) is 0.880. The van der Waals surface area contributed by atoms with Gasteiger partial charge in [0, 0.05) is 0 Å². The Hall–Kier alpha value is -1.78. The van der Waals surface area contributed by atoms with Crippen LogP contribution in [0.1, 0.15) is 23.0 Å². The highest BCUT2D eigenvalue weighted by molar-refractivity contribution is 5.94. The van der Waals surface area contributed by atoms with Gasteiger partial charge >= 0.3 is 5.97 Å². The summed E-state index contributed by atoms with van der Waals surface area (Å²) in [6.07, 6.45) is 1.43.